The highest BCUT2D eigenvalue weighted by Gasteiger charge is 1.96. The summed E-state index contributed by atoms with van der Waals surface area (Å²) >= 11 is 0. The first kappa shape index (κ1) is 15.5. The molecule has 0 saturated heterocycles. The number of hydrogen-bond acceptors (Lipinski definition) is 1. The van der Waals surface area contributed by atoms with Crippen molar-refractivity contribution in [2.45, 2.75) is 0 Å². The van der Waals surface area contributed by atoms with Gasteiger partial charge in [-0.2, -0.15) is 5.26 Å². The number of nitrogens with zero attached hydrogens (tertiary/aromatic N) is 1. The van der Waals surface area contributed by atoms with E-state index in [2.05, 4.69) is 54.6 Å². The van der Waals surface area contributed by atoms with Gasteiger partial charge in [0.15, 0.2) is 0 Å². The average molecular weight is 307 g/mol. The van der Waals surface area contributed by atoms with Crippen molar-refractivity contribution in [2.75, 3.05) is 0 Å². The second kappa shape index (κ2) is 7.76. The van der Waals surface area contributed by atoms with Crippen LogP contribution in [0.5, 0.6) is 0 Å². The Morgan fingerprint density at radius 1 is 0.542 bits per heavy atom. The Morgan fingerprint density at radius 2 is 1.04 bits per heavy atom. The number of rotatable bonds is 4. The molecule has 3 aromatic rings. The van der Waals surface area contributed by atoms with Gasteiger partial charge in [0.25, 0.3) is 0 Å². The SMILES string of the molecule is N#Cc1ccccc1C=Cc1ccc(C=Cc2ccccc2)cc1. The molecule has 1 nitrogen and oxygen atoms in total. The highest BCUT2D eigenvalue weighted by molar-refractivity contribution is 5.74. The monoisotopic (exact) mass is 307 g/mol. The molecule has 0 fully saturated rings. The van der Waals surface area contributed by atoms with Gasteiger partial charge in [-0.15, -0.1) is 0 Å². The first-order chi connectivity index (χ1) is 11.8. The molecule has 114 valence electrons. The summed E-state index contributed by atoms with van der Waals surface area (Å²) in [5.74, 6) is 0. The first-order valence-electron chi connectivity index (χ1n) is 7.85. The molecule has 0 aliphatic heterocycles. The molecule has 1 heteroatoms. The normalized spacial score (nSPS) is 11.0. The Hall–Kier alpha value is -3.37. The quantitative estimate of drug-likeness (QED) is 0.550. The molecular formula is C23H17N. The predicted octanol–water partition coefficient (Wildman–Crippen LogP) is 5.90. The molecule has 0 saturated carbocycles. The zero-order chi connectivity index (χ0) is 16.6. The van der Waals surface area contributed by atoms with Gasteiger partial charge in [0.2, 0.25) is 0 Å². The number of benzene rings is 3. The highest BCUT2D eigenvalue weighted by atomic mass is 14.2. The van der Waals surface area contributed by atoms with Crippen molar-refractivity contribution in [2.24, 2.45) is 0 Å². The van der Waals surface area contributed by atoms with Crippen molar-refractivity contribution in [1.29, 1.82) is 5.26 Å². The summed E-state index contributed by atoms with van der Waals surface area (Å²) < 4.78 is 0. The third kappa shape index (κ3) is 4.09. The third-order valence-corrected chi connectivity index (χ3v) is 3.74. The summed E-state index contributed by atoms with van der Waals surface area (Å²) in [6.07, 6.45) is 8.22. The fourth-order valence-electron chi connectivity index (χ4n) is 2.40. The van der Waals surface area contributed by atoms with Crippen molar-refractivity contribution in [3.05, 3.63) is 107 Å². The van der Waals surface area contributed by atoms with E-state index in [4.69, 9.17) is 5.26 Å². The van der Waals surface area contributed by atoms with Gasteiger partial charge >= 0.3 is 0 Å². The van der Waals surface area contributed by atoms with E-state index < -0.39 is 0 Å². The second-order valence-electron chi connectivity index (χ2n) is 5.44. The van der Waals surface area contributed by atoms with E-state index in [1.807, 2.05) is 54.6 Å². The van der Waals surface area contributed by atoms with Crippen LogP contribution >= 0.6 is 0 Å². The van der Waals surface area contributed by atoms with E-state index in [0.717, 1.165) is 16.7 Å². The van der Waals surface area contributed by atoms with E-state index in [1.165, 1.54) is 5.56 Å². The minimum atomic E-state index is 0.691. The van der Waals surface area contributed by atoms with E-state index in [-0.39, 0.29) is 0 Å². The molecule has 3 rings (SSSR count). The van der Waals surface area contributed by atoms with Crippen LogP contribution in [0.15, 0.2) is 78.9 Å². The number of hydrogen-bond donors (Lipinski definition) is 0. The van der Waals surface area contributed by atoms with Gasteiger partial charge in [-0.3, -0.25) is 0 Å². The van der Waals surface area contributed by atoms with Crippen LogP contribution < -0.4 is 0 Å². The van der Waals surface area contributed by atoms with Gasteiger partial charge in [0, 0.05) is 0 Å². The largest absolute Gasteiger partial charge is 0.192 e. The first-order valence-corrected chi connectivity index (χ1v) is 7.85. The molecule has 0 amide bonds. The van der Waals surface area contributed by atoms with Crippen LogP contribution in [0.3, 0.4) is 0 Å². The molecule has 0 unspecified atom stereocenters. The molecule has 0 spiro atoms. The molecule has 24 heavy (non-hydrogen) atoms. The van der Waals surface area contributed by atoms with E-state index in [9.17, 15) is 0 Å². The summed E-state index contributed by atoms with van der Waals surface area (Å²) in [5, 5.41) is 9.11. The van der Waals surface area contributed by atoms with Crippen LogP contribution in [-0.2, 0) is 0 Å². The molecule has 3 aromatic carbocycles. The molecule has 0 aromatic heterocycles. The molecule has 0 bridgehead atoms. The molecule has 0 heterocycles. The summed E-state index contributed by atoms with van der Waals surface area (Å²) in [4.78, 5) is 0. The lowest BCUT2D eigenvalue weighted by Crippen LogP contribution is -1.80. The fourth-order valence-corrected chi connectivity index (χ4v) is 2.40. The Kier molecular flexibility index (Phi) is 5.02. The maximum atomic E-state index is 9.11. The lowest BCUT2D eigenvalue weighted by atomic mass is 10.1. The van der Waals surface area contributed by atoms with Crippen LogP contribution in [0.4, 0.5) is 0 Å². The van der Waals surface area contributed by atoms with Gasteiger partial charge in [0.05, 0.1) is 11.6 Å². The maximum Gasteiger partial charge on any atom is 0.0997 e. The topological polar surface area (TPSA) is 23.8 Å². The Morgan fingerprint density at radius 3 is 1.67 bits per heavy atom. The van der Waals surface area contributed by atoms with Crippen molar-refractivity contribution in [1.82, 2.24) is 0 Å². The smallest absolute Gasteiger partial charge is 0.0997 e. The minimum Gasteiger partial charge on any atom is -0.192 e. The van der Waals surface area contributed by atoms with Crippen molar-refractivity contribution in [3.63, 3.8) is 0 Å². The maximum absolute atomic E-state index is 9.11. The highest BCUT2D eigenvalue weighted by Crippen LogP contribution is 2.14. The summed E-state index contributed by atoms with van der Waals surface area (Å²) in [6.45, 7) is 0. The van der Waals surface area contributed by atoms with Crippen LogP contribution in [0.2, 0.25) is 0 Å². The molecule has 0 atom stereocenters. The molecule has 0 aliphatic rings. The average Bonchev–Trinajstić information content (AvgIpc) is 2.66. The molecule has 0 radical (unpaired) electrons. The number of nitriles is 1. The molecule has 0 N–H and O–H groups in total. The van der Waals surface area contributed by atoms with E-state index in [1.54, 1.807) is 0 Å². The molecule has 0 aliphatic carbocycles. The standard InChI is InChI=1S/C23H17N/c24-18-23-9-5-4-8-22(23)17-16-21-14-12-20(13-15-21)11-10-19-6-2-1-3-7-19/h1-17H. The Bertz CT molecular complexity index is 895. The van der Waals surface area contributed by atoms with E-state index in [0.29, 0.717) is 5.56 Å². The summed E-state index contributed by atoms with van der Waals surface area (Å²) in [6, 6.07) is 28.4. The fraction of sp³-hybridized carbons (Fsp3) is 0. The van der Waals surface area contributed by atoms with Crippen molar-refractivity contribution < 1.29 is 0 Å². The van der Waals surface area contributed by atoms with Gasteiger partial charge in [-0.1, -0.05) is 97.1 Å². The zero-order valence-corrected chi connectivity index (χ0v) is 13.3. The van der Waals surface area contributed by atoms with Crippen LogP contribution in [0, 0.1) is 11.3 Å². The predicted molar refractivity (Wildman–Crippen MR) is 102 cm³/mol. The van der Waals surface area contributed by atoms with Crippen LogP contribution in [-0.4, -0.2) is 0 Å². The second-order valence-corrected chi connectivity index (χ2v) is 5.44. The summed E-state index contributed by atoms with van der Waals surface area (Å²) in [5.41, 5.74) is 5.09. The van der Waals surface area contributed by atoms with Crippen LogP contribution in [0.1, 0.15) is 27.8 Å². The third-order valence-electron chi connectivity index (χ3n) is 3.74. The lowest BCUT2D eigenvalue weighted by Gasteiger charge is -1.98. The van der Waals surface area contributed by atoms with Gasteiger partial charge < -0.3 is 0 Å². The van der Waals surface area contributed by atoms with Crippen molar-refractivity contribution in [3.8, 4) is 6.07 Å². The van der Waals surface area contributed by atoms with Gasteiger partial charge in [0.1, 0.15) is 0 Å². The lowest BCUT2D eigenvalue weighted by molar-refractivity contribution is 1.47. The zero-order valence-electron chi connectivity index (χ0n) is 13.3. The van der Waals surface area contributed by atoms with Gasteiger partial charge in [-0.25, -0.2) is 0 Å². The minimum absolute atomic E-state index is 0.691. The summed E-state index contributed by atoms with van der Waals surface area (Å²) in [7, 11) is 0. The molecular weight excluding hydrogens is 290 g/mol. The Balaban J connectivity index is 1.72. The van der Waals surface area contributed by atoms with Crippen molar-refractivity contribution >= 4 is 24.3 Å². The van der Waals surface area contributed by atoms with Crippen LogP contribution in [0.25, 0.3) is 24.3 Å². The van der Waals surface area contributed by atoms with E-state index >= 15 is 0 Å². The Labute approximate surface area is 142 Å². The van der Waals surface area contributed by atoms with Gasteiger partial charge in [-0.05, 0) is 28.3 Å².